The van der Waals surface area contributed by atoms with E-state index in [1.54, 1.807) is 20.8 Å². The molecule has 0 heterocycles. The molecule has 19 heavy (non-hydrogen) atoms. The monoisotopic (exact) mass is 262 g/mol. The second-order valence-electron chi connectivity index (χ2n) is 5.43. The van der Waals surface area contributed by atoms with E-state index in [2.05, 4.69) is 24.0 Å². The summed E-state index contributed by atoms with van der Waals surface area (Å²) in [7, 11) is 0. The fraction of sp³-hybridized carbons (Fsp3) is 0.467. The van der Waals surface area contributed by atoms with E-state index < -0.39 is 11.7 Å². The van der Waals surface area contributed by atoms with Gasteiger partial charge in [0.25, 0.3) is 0 Å². The Kier molecular flexibility index (Phi) is 5.10. The average molecular weight is 262 g/mol. The smallest absolute Gasteiger partial charge is 0.435 e. The number of rotatable bonds is 3. The fourth-order valence-electron chi connectivity index (χ4n) is 1.54. The minimum Gasteiger partial charge on any atom is -0.442 e. The van der Waals surface area contributed by atoms with Crippen molar-refractivity contribution in [1.82, 2.24) is 0 Å². The van der Waals surface area contributed by atoms with Crippen molar-refractivity contribution in [2.24, 2.45) is 10.7 Å². The zero-order chi connectivity index (χ0) is 14.5. The number of ether oxygens (including phenoxy) is 1. The van der Waals surface area contributed by atoms with E-state index in [0.29, 0.717) is 6.42 Å². The molecule has 104 valence electrons. The van der Waals surface area contributed by atoms with Crippen LogP contribution >= 0.6 is 0 Å². The second kappa shape index (κ2) is 6.36. The largest absolute Gasteiger partial charge is 0.442 e. The van der Waals surface area contributed by atoms with Crippen LogP contribution in [0, 0.1) is 0 Å². The summed E-state index contributed by atoms with van der Waals surface area (Å²) in [5.74, 6) is 0.262. The number of nitrogens with two attached hydrogens (primary N) is 1. The number of carbonyl (C=O) groups excluding carboxylic acids is 1. The van der Waals surface area contributed by atoms with Crippen molar-refractivity contribution < 1.29 is 9.53 Å². The number of amidine groups is 1. The van der Waals surface area contributed by atoms with Gasteiger partial charge in [-0.15, -0.1) is 0 Å². The highest BCUT2D eigenvalue weighted by molar-refractivity contribution is 5.92. The SMILES string of the molecule is CCc1ccc(C/C(N)=N/C(=O)OC(C)(C)C)cc1. The van der Waals surface area contributed by atoms with Gasteiger partial charge in [-0.25, -0.2) is 4.79 Å². The Balaban J connectivity index is 2.62. The Labute approximate surface area is 114 Å². The molecule has 0 saturated carbocycles. The topological polar surface area (TPSA) is 64.7 Å². The van der Waals surface area contributed by atoms with Gasteiger partial charge < -0.3 is 10.5 Å². The third kappa shape index (κ3) is 6.04. The Bertz CT molecular complexity index is 456. The van der Waals surface area contributed by atoms with Crippen LogP contribution in [0.15, 0.2) is 29.3 Å². The predicted molar refractivity (Wildman–Crippen MR) is 77.4 cm³/mol. The zero-order valence-corrected chi connectivity index (χ0v) is 12.1. The molecule has 0 aliphatic rings. The molecule has 1 amide bonds. The average Bonchev–Trinajstić information content (AvgIpc) is 2.27. The first-order valence-electron chi connectivity index (χ1n) is 6.44. The summed E-state index contributed by atoms with van der Waals surface area (Å²) in [5, 5.41) is 0. The zero-order valence-electron chi connectivity index (χ0n) is 12.1. The molecule has 4 heteroatoms. The lowest BCUT2D eigenvalue weighted by Crippen LogP contribution is -2.24. The molecule has 0 aromatic heterocycles. The summed E-state index contributed by atoms with van der Waals surface area (Å²) >= 11 is 0. The molecule has 0 bridgehead atoms. The molecule has 0 saturated heterocycles. The fourth-order valence-corrected chi connectivity index (χ4v) is 1.54. The molecule has 2 N–H and O–H groups in total. The van der Waals surface area contributed by atoms with Crippen LogP contribution in [0.5, 0.6) is 0 Å². The predicted octanol–water partition coefficient (Wildman–Crippen LogP) is 3.08. The summed E-state index contributed by atoms with van der Waals surface area (Å²) in [5.41, 5.74) is 7.49. The Morgan fingerprint density at radius 1 is 1.21 bits per heavy atom. The number of hydrogen-bond acceptors (Lipinski definition) is 2. The lowest BCUT2D eigenvalue weighted by atomic mass is 10.1. The van der Waals surface area contributed by atoms with Crippen LogP contribution in [0.4, 0.5) is 4.79 Å². The highest BCUT2D eigenvalue weighted by Gasteiger charge is 2.15. The minimum absolute atomic E-state index is 0.262. The molecule has 0 unspecified atom stereocenters. The van der Waals surface area contributed by atoms with E-state index in [1.807, 2.05) is 12.1 Å². The van der Waals surface area contributed by atoms with Crippen molar-refractivity contribution in [2.45, 2.75) is 46.1 Å². The lowest BCUT2D eigenvalue weighted by molar-refractivity contribution is 0.0604. The maximum atomic E-state index is 11.5. The van der Waals surface area contributed by atoms with Crippen molar-refractivity contribution in [2.75, 3.05) is 0 Å². The number of amides is 1. The molecular formula is C15H22N2O2. The third-order valence-electron chi connectivity index (χ3n) is 2.44. The van der Waals surface area contributed by atoms with Crippen molar-refractivity contribution in [3.05, 3.63) is 35.4 Å². The van der Waals surface area contributed by atoms with Gasteiger partial charge in [0, 0.05) is 6.42 Å². The summed E-state index contributed by atoms with van der Waals surface area (Å²) in [6.45, 7) is 7.48. The van der Waals surface area contributed by atoms with Gasteiger partial charge >= 0.3 is 6.09 Å². The van der Waals surface area contributed by atoms with Gasteiger partial charge in [0.2, 0.25) is 0 Å². The number of hydrogen-bond donors (Lipinski definition) is 1. The molecule has 0 radical (unpaired) electrons. The van der Waals surface area contributed by atoms with E-state index in [-0.39, 0.29) is 5.84 Å². The lowest BCUT2D eigenvalue weighted by Gasteiger charge is -2.17. The number of carbonyl (C=O) groups is 1. The maximum Gasteiger partial charge on any atom is 0.435 e. The molecule has 1 rings (SSSR count). The van der Waals surface area contributed by atoms with Gasteiger partial charge in [-0.3, -0.25) is 0 Å². The first-order chi connectivity index (χ1) is 8.80. The van der Waals surface area contributed by atoms with Crippen molar-refractivity contribution in [3.63, 3.8) is 0 Å². The van der Waals surface area contributed by atoms with E-state index in [4.69, 9.17) is 10.5 Å². The Morgan fingerprint density at radius 3 is 2.21 bits per heavy atom. The molecule has 0 fully saturated rings. The highest BCUT2D eigenvalue weighted by Crippen LogP contribution is 2.09. The van der Waals surface area contributed by atoms with Crippen LogP contribution in [0.25, 0.3) is 0 Å². The van der Waals surface area contributed by atoms with Gasteiger partial charge in [0.15, 0.2) is 0 Å². The number of benzene rings is 1. The van der Waals surface area contributed by atoms with Gasteiger partial charge in [0.05, 0.1) is 0 Å². The second-order valence-corrected chi connectivity index (χ2v) is 5.43. The summed E-state index contributed by atoms with van der Waals surface area (Å²) in [6.07, 6.45) is 0.806. The molecule has 0 atom stereocenters. The van der Waals surface area contributed by atoms with Crippen LogP contribution in [0.1, 0.15) is 38.8 Å². The van der Waals surface area contributed by atoms with Gasteiger partial charge in [-0.1, -0.05) is 31.2 Å². The highest BCUT2D eigenvalue weighted by atomic mass is 16.6. The first kappa shape index (κ1) is 15.2. The van der Waals surface area contributed by atoms with E-state index in [0.717, 1.165) is 12.0 Å². The summed E-state index contributed by atoms with van der Waals surface area (Å²) < 4.78 is 5.08. The number of aliphatic imine (C=N–C) groups is 1. The number of nitrogens with zero attached hydrogens (tertiary/aromatic N) is 1. The van der Waals surface area contributed by atoms with Crippen LogP contribution in [0.3, 0.4) is 0 Å². The number of aryl methyl sites for hydroxylation is 1. The van der Waals surface area contributed by atoms with E-state index in [9.17, 15) is 4.79 Å². The summed E-state index contributed by atoms with van der Waals surface area (Å²) in [6, 6.07) is 8.10. The minimum atomic E-state index is -0.643. The maximum absolute atomic E-state index is 11.5. The van der Waals surface area contributed by atoms with Crippen LogP contribution < -0.4 is 5.73 Å². The molecule has 1 aromatic rings. The molecule has 0 aliphatic heterocycles. The van der Waals surface area contributed by atoms with Gasteiger partial charge in [-0.2, -0.15) is 4.99 Å². The van der Waals surface area contributed by atoms with Crippen molar-refractivity contribution >= 4 is 11.9 Å². The Morgan fingerprint density at radius 2 is 1.74 bits per heavy atom. The third-order valence-corrected chi connectivity index (χ3v) is 2.44. The van der Waals surface area contributed by atoms with Crippen molar-refractivity contribution in [3.8, 4) is 0 Å². The normalized spacial score (nSPS) is 12.3. The van der Waals surface area contributed by atoms with E-state index in [1.165, 1.54) is 5.56 Å². The molecule has 1 aromatic carbocycles. The van der Waals surface area contributed by atoms with E-state index >= 15 is 0 Å². The van der Waals surface area contributed by atoms with Gasteiger partial charge in [-0.05, 0) is 38.3 Å². The molecule has 0 aliphatic carbocycles. The Hall–Kier alpha value is -1.84. The van der Waals surface area contributed by atoms with Crippen LogP contribution in [0.2, 0.25) is 0 Å². The quantitative estimate of drug-likeness (QED) is 0.672. The van der Waals surface area contributed by atoms with Crippen LogP contribution in [-0.2, 0) is 17.6 Å². The standard InChI is InChI=1S/C15H22N2O2/c1-5-11-6-8-12(9-7-11)10-13(16)17-14(18)19-15(2,3)4/h6-9H,5,10H2,1-4H3,(H2,16,17,18). The van der Waals surface area contributed by atoms with Gasteiger partial charge in [0.1, 0.15) is 11.4 Å². The summed E-state index contributed by atoms with van der Waals surface area (Å²) in [4.78, 5) is 15.2. The van der Waals surface area contributed by atoms with Crippen LogP contribution in [-0.4, -0.2) is 17.5 Å². The van der Waals surface area contributed by atoms with Crippen molar-refractivity contribution in [1.29, 1.82) is 0 Å². The molecule has 4 nitrogen and oxygen atoms in total. The first-order valence-corrected chi connectivity index (χ1v) is 6.44. The molecular weight excluding hydrogens is 240 g/mol. The molecule has 0 spiro atoms.